The van der Waals surface area contributed by atoms with Crippen molar-refractivity contribution in [1.82, 2.24) is 25.0 Å². The van der Waals surface area contributed by atoms with Crippen molar-refractivity contribution in [3.8, 4) is 11.6 Å². The van der Waals surface area contributed by atoms with E-state index in [1.807, 2.05) is 19.1 Å². The summed E-state index contributed by atoms with van der Waals surface area (Å²) < 4.78 is 45.5. The third kappa shape index (κ3) is 5.97. The highest BCUT2D eigenvalue weighted by Crippen LogP contribution is 2.30. The van der Waals surface area contributed by atoms with E-state index in [4.69, 9.17) is 4.74 Å². The third-order valence-electron chi connectivity index (χ3n) is 5.40. The van der Waals surface area contributed by atoms with Crippen molar-refractivity contribution in [2.75, 3.05) is 20.7 Å². The maximum Gasteiger partial charge on any atom is 0.417 e. The first-order valence-corrected chi connectivity index (χ1v) is 10.8. The second-order valence-corrected chi connectivity index (χ2v) is 8.01. The number of hydrogen-bond acceptors (Lipinski definition) is 5. The first-order chi connectivity index (χ1) is 16.5. The van der Waals surface area contributed by atoms with Gasteiger partial charge in [-0.05, 0) is 31.5 Å². The van der Waals surface area contributed by atoms with Crippen molar-refractivity contribution >= 4 is 11.8 Å². The number of alkyl halides is 3. The molecule has 0 aliphatic rings. The summed E-state index contributed by atoms with van der Waals surface area (Å²) in [6.07, 6.45) is -1.89. The van der Waals surface area contributed by atoms with Gasteiger partial charge in [0, 0.05) is 25.9 Å². The highest BCUT2D eigenvalue weighted by Gasteiger charge is 2.31. The number of nitrogens with zero attached hydrogens (tertiary/aromatic N) is 4. The number of amides is 2. The van der Waals surface area contributed by atoms with E-state index in [2.05, 4.69) is 15.4 Å². The Labute approximate surface area is 200 Å². The van der Waals surface area contributed by atoms with Crippen molar-refractivity contribution in [2.24, 2.45) is 0 Å². The Bertz CT molecular complexity index is 1190. The molecule has 1 atom stereocenters. The van der Waals surface area contributed by atoms with Crippen LogP contribution in [0.4, 0.5) is 13.2 Å². The van der Waals surface area contributed by atoms with Crippen molar-refractivity contribution in [1.29, 1.82) is 0 Å². The molecule has 2 aromatic heterocycles. The average Bonchev–Trinajstić information content (AvgIpc) is 3.21. The number of ether oxygens (including phenoxy) is 1. The van der Waals surface area contributed by atoms with Gasteiger partial charge in [-0.2, -0.15) is 18.3 Å². The van der Waals surface area contributed by atoms with Crippen LogP contribution in [0.25, 0.3) is 5.82 Å². The molecule has 0 aliphatic carbocycles. The van der Waals surface area contributed by atoms with Gasteiger partial charge in [-0.3, -0.25) is 9.59 Å². The van der Waals surface area contributed by atoms with Gasteiger partial charge in [-0.15, -0.1) is 0 Å². The molecule has 0 saturated heterocycles. The quantitative estimate of drug-likeness (QED) is 0.518. The van der Waals surface area contributed by atoms with Crippen molar-refractivity contribution < 1.29 is 27.5 Å². The van der Waals surface area contributed by atoms with Gasteiger partial charge in [0.15, 0.2) is 12.4 Å². The second-order valence-electron chi connectivity index (χ2n) is 8.01. The van der Waals surface area contributed by atoms with E-state index in [9.17, 15) is 22.8 Å². The van der Waals surface area contributed by atoms with Crippen molar-refractivity contribution in [3.63, 3.8) is 0 Å². The summed E-state index contributed by atoms with van der Waals surface area (Å²) in [5, 5.41) is 7.08. The zero-order valence-electron chi connectivity index (χ0n) is 19.8. The highest BCUT2D eigenvalue weighted by molar-refractivity contribution is 5.95. The number of nitrogens with one attached hydrogen (secondary N) is 1. The van der Waals surface area contributed by atoms with Gasteiger partial charge in [0.05, 0.1) is 29.1 Å². The first-order valence-electron chi connectivity index (χ1n) is 10.8. The fourth-order valence-electron chi connectivity index (χ4n) is 3.35. The number of carbonyl (C=O) groups is 2. The molecule has 0 spiro atoms. The lowest BCUT2D eigenvalue weighted by atomic mass is 10.0. The minimum absolute atomic E-state index is 0.138. The molecule has 0 saturated carbocycles. The van der Waals surface area contributed by atoms with Crippen LogP contribution in [0.2, 0.25) is 0 Å². The summed E-state index contributed by atoms with van der Waals surface area (Å²) in [5.74, 6) is 0.0330. The summed E-state index contributed by atoms with van der Waals surface area (Å²) in [7, 11) is 3.27. The number of halogens is 3. The van der Waals surface area contributed by atoms with Crippen LogP contribution in [0.1, 0.15) is 46.6 Å². The van der Waals surface area contributed by atoms with E-state index < -0.39 is 23.7 Å². The lowest BCUT2D eigenvalue weighted by molar-refractivity contribution is -0.137. The van der Waals surface area contributed by atoms with Gasteiger partial charge in [0.25, 0.3) is 11.8 Å². The van der Waals surface area contributed by atoms with Crippen molar-refractivity contribution in [2.45, 2.75) is 32.5 Å². The predicted octanol–water partition coefficient (Wildman–Crippen LogP) is 3.94. The van der Waals surface area contributed by atoms with Crippen LogP contribution in [0, 0.1) is 6.92 Å². The molecule has 1 N–H and O–H groups in total. The Balaban J connectivity index is 1.79. The molecule has 35 heavy (non-hydrogen) atoms. The molecule has 0 bridgehead atoms. The van der Waals surface area contributed by atoms with Gasteiger partial charge in [-0.1, -0.05) is 25.1 Å². The maximum absolute atomic E-state index is 13.1. The fourth-order valence-corrected chi connectivity index (χ4v) is 3.35. The van der Waals surface area contributed by atoms with Gasteiger partial charge < -0.3 is 15.0 Å². The number of hydrogen-bond donors (Lipinski definition) is 1. The van der Waals surface area contributed by atoms with Crippen LogP contribution in [-0.4, -0.2) is 52.2 Å². The molecule has 3 rings (SSSR count). The predicted molar refractivity (Wildman–Crippen MR) is 122 cm³/mol. The lowest BCUT2D eigenvalue weighted by Crippen LogP contribution is -2.30. The molecular weight excluding hydrogens is 463 g/mol. The summed E-state index contributed by atoms with van der Waals surface area (Å²) in [5.41, 5.74) is 0.518. The maximum atomic E-state index is 13.1. The number of benzene rings is 1. The second kappa shape index (κ2) is 10.6. The molecule has 8 nitrogen and oxygen atoms in total. The Morgan fingerprint density at radius 3 is 2.46 bits per heavy atom. The van der Waals surface area contributed by atoms with Gasteiger partial charge in [-0.25, -0.2) is 9.67 Å². The van der Waals surface area contributed by atoms with E-state index >= 15 is 0 Å². The Morgan fingerprint density at radius 1 is 1.14 bits per heavy atom. The van der Waals surface area contributed by atoms with Crippen LogP contribution in [0.3, 0.4) is 0 Å². The smallest absolute Gasteiger partial charge is 0.417 e. The molecule has 1 aromatic carbocycles. The van der Waals surface area contributed by atoms with Crippen LogP contribution in [0.5, 0.6) is 5.75 Å². The SMILES string of the molecule is CCC(NC(=O)c1cnn(-c2ccc(C(F)(F)F)cn2)c1C)c1ccccc1OCC(=O)N(C)C. The summed E-state index contributed by atoms with van der Waals surface area (Å²) in [6.45, 7) is 3.39. The average molecular weight is 489 g/mol. The minimum atomic E-state index is -4.50. The van der Waals surface area contributed by atoms with E-state index in [0.717, 1.165) is 12.3 Å². The number of para-hydroxylation sites is 1. The molecule has 186 valence electrons. The van der Waals surface area contributed by atoms with Gasteiger partial charge in [0.2, 0.25) is 0 Å². The Hall–Kier alpha value is -3.89. The Kier molecular flexibility index (Phi) is 7.78. The van der Waals surface area contributed by atoms with E-state index in [1.54, 1.807) is 33.2 Å². The number of rotatable bonds is 8. The zero-order valence-corrected chi connectivity index (χ0v) is 19.8. The molecule has 0 fully saturated rings. The topological polar surface area (TPSA) is 89.4 Å². The lowest BCUT2D eigenvalue weighted by Gasteiger charge is -2.21. The number of likely N-dealkylation sites (N-methyl/N-ethyl adjacent to an activating group) is 1. The minimum Gasteiger partial charge on any atom is -0.483 e. The van der Waals surface area contributed by atoms with Crippen LogP contribution in [0.15, 0.2) is 48.8 Å². The molecule has 2 heterocycles. The van der Waals surface area contributed by atoms with Crippen LogP contribution < -0.4 is 10.1 Å². The molecule has 0 aliphatic heterocycles. The zero-order chi connectivity index (χ0) is 25.8. The standard InChI is InChI=1S/C24H26F3N5O3/c1-5-19(17-8-6-7-9-20(17)35-14-22(33)31(3)4)30-23(34)18-13-29-32(15(18)2)21-11-10-16(12-28-21)24(25,26)27/h6-13,19H,5,14H2,1-4H3,(H,30,34). The molecule has 3 aromatic rings. The van der Waals surface area contributed by atoms with Gasteiger partial charge in [0.1, 0.15) is 5.75 Å². The molecule has 0 radical (unpaired) electrons. The van der Waals surface area contributed by atoms with Crippen LogP contribution in [-0.2, 0) is 11.0 Å². The fraction of sp³-hybridized carbons (Fsp3) is 0.333. The largest absolute Gasteiger partial charge is 0.483 e. The summed E-state index contributed by atoms with van der Waals surface area (Å²) in [4.78, 5) is 30.2. The summed E-state index contributed by atoms with van der Waals surface area (Å²) >= 11 is 0. The van der Waals surface area contributed by atoms with E-state index in [1.165, 1.54) is 21.8 Å². The molecule has 1 unspecified atom stereocenters. The molecular formula is C24H26F3N5O3. The van der Waals surface area contributed by atoms with E-state index in [0.29, 0.717) is 23.4 Å². The number of carbonyl (C=O) groups excluding carboxylic acids is 2. The molecule has 11 heteroatoms. The molecule has 2 amide bonds. The Morgan fingerprint density at radius 2 is 1.86 bits per heavy atom. The summed E-state index contributed by atoms with van der Waals surface area (Å²) in [6, 6.07) is 8.82. The number of pyridine rings is 1. The third-order valence-corrected chi connectivity index (χ3v) is 5.40. The highest BCUT2D eigenvalue weighted by atomic mass is 19.4. The van der Waals surface area contributed by atoms with Gasteiger partial charge >= 0.3 is 6.18 Å². The monoisotopic (exact) mass is 489 g/mol. The van der Waals surface area contributed by atoms with Crippen molar-refractivity contribution in [3.05, 3.63) is 71.2 Å². The van der Waals surface area contributed by atoms with E-state index in [-0.39, 0.29) is 23.9 Å². The number of aromatic nitrogens is 3. The van der Waals surface area contributed by atoms with Crippen LogP contribution >= 0.6 is 0 Å². The normalized spacial score (nSPS) is 12.2. The first kappa shape index (κ1) is 25.7.